The molecule has 0 unspecified atom stereocenters. The van der Waals surface area contributed by atoms with Crippen LogP contribution >= 0.6 is 11.8 Å². The Kier molecular flexibility index (Phi) is 7.63. The molecule has 2 aromatic carbocycles. The Morgan fingerprint density at radius 2 is 1.86 bits per heavy atom. The number of imidazole rings is 1. The zero-order chi connectivity index (χ0) is 25.0. The summed E-state index contributed by atoms with van der Waals surface area (Å²) in [5, 5.41) is 0.748. The number of thioether (sulfide) groups is 1. The van der Waals surface area contributed by atoms with E-state index in [-0.39, 0.29) is 10.9 Å². The van der Waals surface area contributed by atoms with Crippen LogP contribution in [0.5, 0.6) is 5.75 Å². The van der Waals surface area contributed by atoms with Crippen LogP contribution in [0.15, 0.2) is 75.3 Å². The Morgan fingerprint density at radius 1 is 1.11 bits per heavy atom. The third kappa shape index (κ3) is 5.61. The van der Waals surface area contributed by atoms with Crippen LogP contribution < -0.4 is 4.74 Å². The number of nitrogens with zero attached hydrogens (tertiary/aromatic N) is 3. The van der Waals surface area contributed by atoms with E-state index in [1.807, 2.05) is 42.7 Å². The van der Waals surface area contributed by atoms with Gasteiger partial charge in [-0.2, -0.15) is 4.31 Å². The highest BCUT2D eigenvalue weighted by Crippen LogP contribution is 2.30. The van der Waals surface area contributed by atoms with Crippen molar-refractivity contribution in [3.63, 3.8) is 0 Å². The van der Waals surface area contributed by atoms with Crippen molar-refractivity contribution in [2.24, 2.45) is 0 Å². The summed E-state index contributed by atoms with van der Waals surface area (Å²) < 4.78 is 40.2. The van der Waals surface area contributed by atoms with E-state index in [1.165, 1.54) is 23.0 Å². The highest BCUT2D eigenvalue weighted by molar-refractivity contribution is 7.98. The minimum absolute atomic E-state index is 0.231. The van der Waals surface area contributed by atoms with Gasteiger partial charge in [0.1, 0.15) is 11.5 Å². The maximum absolute atomic E-state index is 13.0. The maximum atomic E-state index is 13.0. The fourth-order valence-corrected chi connectivity index (χ4v) is 6.20. The van der Waals surface area contributed by atoms with Crippen molar-refractivity contribution < 1.29 is 22.4 Å². The summed E-state index contributed by atoms with van der Waals surface area (Å²) in [6.07, 6.45) is 1.63. The third-order valence-corrected chi connectivity index (χ3v) is 8.57. The number of hydrogen-bond acceptors (Lipinski definition) is 7. The number of carbonyl (C=O) groups excluding carboxylic acids is 1. The molecule has 8 nitrogen and oxygen atoms in total. The van der Waals surface area contributed by atoms with Crippen LogP contribution in [0.1, 0.15) is 32.1 Å². The minimum atomic E-state index is -3.59. The quantitative estimate of drug-likeness (QED) is 0.169. The highest BCUT2D eigenvalue weighted by Gasteiger charge is 2.23. The average molecular weight is 514 g/mol. The van der Waals surface area contributed by atoms with Crippen LogP contribution in [0.25, 0.3) is 11.0 Å². The molecular formula is C25H27N3O5S2. The van der Waals surface area contributed by atoms with Crippen LogP contribution in [-0.4, -0.2) is 41.3 Å². The van der Waals surface area contributed by atoms with E-state index in [0.717, 1.165) is 22.0 Å². The van der Waals surface area contributed by atoms with Crippen molar-refractivity contribution in [3.8, 4) is 5.75 Å². The number of rotatable bonds is 10. The minimum Gasteiger partial charge on any atom is -0.467 e. The van der Waals surface area contributed by atoms with E-state index in [4.69, 9.17) is 14.1 Å². The van der Waals surface area contributed by atoms with E-state index in [0.29, 0.717) is 36.7 Å². The predicted octanol–water partition coefficient (Wildman–Crippen LogP) is 4.93. The van der Waals surface area contributed by atoms with E-state index in [1.54, 1.807) is 36.6 Å². The van der Waals surface area contributed by atoms with Gasteiger partial charge in [-0.05, 0) is 48.0 Å². The molecule has 0 bridgehead atoms. The molecule has 0 spiro atoms. The molecule has 0 aliphatic carbocycles. The topological polar surface area (TPSA) is 94.6 Å². The van der Waals surface area contributed by atoms with E-state index >= 15 is 0 Å². The lowest BCUT2D eigenvalue weighted by Gasteiger charge is -2.18. The van der Waals surface area contributed by atoms with Crippen LogP contribution in [0.4, 0.5) is 0 Å². The first-order chi connectivity index (χ1) is 16.8. The Balaban J connectivity index is 1.66. The largest absolute Gasteiger partial charge is 0.467 e. The number of ether oxygens (including phenoxy) is 1. The lowest BCUT2D eigenvalue weighted by atomic mass is 10.2. The first-order valence-electron chi connectivity index (χ1n) is 11.2. The Labute approximate surface area is 208 Å². The van der Waals surface area contributed by atoms with Gasteiger partial charge in [-0.25, -0.2) is 13.4 Å². The van der Waals surface area contributed by atoms with Gasteiger partial charge < -0.3 is 13.7 Å². The molecule has 2 heterocycles. The summed E-state index contributed by atoms with van der Waals surface area (Å²) in [4.78, 5) is 16.1. The molecule has 0 amide bonds. The van der Waals surface area contributed by atoms with Crippen molar-refractivity contribution in [1.29, 1.82) is 0 Å². The Morgan fingerprint density at radius 3 is 2.49 bits per heavy atom. The molecule has 0 fully saturated rings. The summed E-state index contributed by atoms with van der Waals surface area (Å²) in [5.74, 6) is 1.54. The standard InChI is InChI=1S/C25H27N3O5S2/c1-4-27(5-2)35(30,31)22-12-13-24-23(15-22)26-25(28(24)16-21-7-6-14-32-21)34-17-19-8-10-20(11-9-19)33-18(3)29/h6-15H,4-5,16-17H2,1-3H3. The number of benzene rings is 2. The lowest BCUT2D eigenvalue weighted by Crippen LogP contribution is -2.30. The normalized spacial score (nSPS) is 11.9. The Bertz CT molecular complexity index is 1410. The number of sulfonamides is 1. The Hall–Kier alpha value is -3.08. The van der Waals surface area contributed by atoms with Crippen LogP contribution in [0, 0.1) is 0 Å². The SMILES string of the molecule is CCN(CC)S(=O)(=O)c1ccc2c(c1)nc(SCc1ccc(OC(C)=O)cc1)n2Cc1ccco1. The number of fused-ring (bicyclic) bond motifs is 1. The summed E-state index contributed by atoms with van der Waals surface area (Å²) in [5.41, 5.74) is 2.47. The van der Waals surface area contributed by atoms with Gasteiger partial charge in [0.2, 0.25) is 10.0 Å². The molecule has 184 valence electrons. The first-order valence-corrected chi connectivity index (χ1v) is 13.7. The van der Waals surface area contributed by atoms with Gasteiger partial charge in [0, 0.05) is 25.8 Å². The molecule has 0 aliphatic rings. The maximum Gasteiger partial charge on any atom is 0.308 e. The third-order valence-electron chi connectivity index (χ3n) is 5.47. The molecule has 0 aliphatic heterocycles. The summed E-state index contributed by atoms with van der Waals surface area (Å²) in [7, 11) is -3.59. The monoisotopic (exact) mass is 513 g/mol. The summed E-state index contributed by atoms with van der Waals surface area (Å²) in [6, 6.07) is 16.1. The highest BCUT2D eigenvalue weighted by atomic mass is 32.2. The van der Waals surface area contributed by atoms with Crippen molar-refractivity contribution in [2.75, 3.05) is 13.1 Å². The summed E-state index contributed by atoms with van der Waals surface area (Å²) in [6.45, 7) is 6.30. The summed E-state index contributed by atoms with van der Waals surface area (Å²) >= 11 is 1.54. The van der Waals surface area contributed by atoms with Gasteiger partial charge in [-0.1, -0.05) is 37.7 Å². The molecule has 0 N–H and O–H groups in total. The van der Waals surface area contributed by atoms with Gasteiger partial charge in [0.15, 0.2) is 5.16 Å². The number of aromatic nitrogens is 2. The lowest BCUT2D eigenvalue weighted by molar-refractivity contribution is -0.131. The number of carbonyl (C=O) groups is 1. The van der Waals surface area contributed by atoms with Gasteiger partial charge in [0.05, 0.1) is 28.7 Å². The second-order valence-electron chi connectivity index (χ2n) is 7.83. The zero-order valence-corrected chi connectivity index (χ0v) is 21.4. The second-order valence-corrected chi connectivity index (χ2v) is 10.7. The molecule has 10 heteroatoms. The van der Waals surface area contributed by atoms with Gasteiger partial charge in [-0.3, -0.25) is 4.79 Å². The molecular weight excluding hydrogens is 486 g/mol. The average Bonchev–Trinajstić information content (AvgIpc) is 3.47. The first kappa shape index (κ1) is 25.0. The molecule has 0 atom stereocenters. The fourth-order valence-electron chi connectivity index (χ4n) is 3.75. The molecule has 4 rings (SSSR count). The fraction of sp³-hybridized carbons (Fsp3) is 0.280. The van der Waals surface area contributed by atoms with Crippen molar-refractivity contribution in [2.45, 2.75) is 43.1 Å². The number of esters is 1. The van der Waals surface area contributed by atoms with Crippen molar-refractivity contribution >= 4 is 38.8 Å². The van der Waals surface area contributed by atoms with Crippen molar-refractivity contribution in [3.05, 3.63) is 72.2 Å². The smallest absolute Gasteiger partial charge is 0.308 e. The van der Waals surface area contributed by atoms with Gasteiger partial charge in [-0.15, -0.1) is 0 Å². The van der Waals surface area contributed by atoms with E-state index in [2.05, 4.69) is 0 Å². The number of hydrogen-bond donors (Lipinski definition) is 0. The van der Waals surface area contributed by atoms with E-state index < -0.39 is 10.0 Å². The van der Waals surface area contributed by atoms with Crippen LogP contribution in [0.2, 0.25) is 0 Å². The molecule has 2 aromatic heterocycles. The predicted molar refractivity (Wildman–Crippen MR) is 135 cm³/mol. The molecule has 0 saturated heterocycles. The van der Waals surface area contributed by atoms with Gasteiger partial charge in [0.25, 0.3) is 0 Å². The van der Waals surface area contributed by atoms with Crippen LogP contribution in [-0.2, 0) is 27.1 Å². The van der Waals surface area contributed by atoms with E-state index in [9.17, 15) is 13.2 Å². The number of furan rings is 1. The molecule has 0 radical (unpaired) electrons. The molecule has 35 heavy (non-hydrogen) atoms. The van der Waals surface area contributed by atoms with Gasteiger partial charge >= 0.3 is 5.97 Å². The molecule has 0 saturated carbocycles. The van der Waals surface area contributed by atoms with Crippen molar-refractivity contribution in [1.82, 2.24) is 13.9 Å². The zero-order valence-electron chi connectivity index (χ0n) is 19.8. The molecule has 4 aromatic rings. The second kappa shape index (κ2) is 10.7. The van der Waals surface area contributed by atoms with Crippen LogP contribution in [0.3, 0.4) is 0 Å².